The summed E-state index contributed by atoms with van der Waals surface area (Å²) in [5, 5.41) is 2.66. The van der Waals surface area contributed by atoms with E-state index in [0.717, 1.165) is 0 Å². The molecular weight excluding hydrogens is 378 g/mol. The standard InChI is InChI=1S/C21H25NO7/c1-5-27-18-9-7-14(11-19(18)28-6-2)22-20(23)13-29-21(24)16-12-15(25-3)8-10-17(16)26-4/h7-12H,5-6,13H2,1-4H3,(H,22,23). The molecule has 0 saturated carbocycles. The molecule has 2 aromatic rings. The van der Waals surface area contributed by atoms with Crippen LogP contribution in [0.15, 0.2) is 36.4 Å². The molecule has 156 valence electrons. The summed E-state index contributed by atoms with van der Waals surface area (Å²) in [5.74, 6) is 0.711. The average molecular weight is 403 g/mol. The lowest BCUT2D eigenvalue weighted by Gasteiger charge is -2.13. The largest absolute Gasteiger partial charge is 0.497 e. The van der Waals surface area contributed by atoms with Gasteiger partial charge in [0.25, 0.3) is 5.91 Å². The van der Waals surface area contributed by atoms with Crippen LogP contribution in [-0.2, 0) is 9.53 Å². The number of hydrogen-bond acceptors (Lipinski definition) is 7. The molecule has 0 spiro atoms. The number of nitrogens with one attached hydrogen (secondary N) is 1. The van der Waals surface area contributed by atoms with Gasteiger partial charge in [0.05, 0.1) is 27.4 Å². The molecule has 0 fully saturated rings. The van der Waals surface area contributed by atoms with Crippen LogP contribution >= 0.6 is 0 Å². The Hall–Kier alpha value is -3.42. The lowest BCUT2D eigenvalue weighted by Crippen LogP contribution is -2.21. The van der Waals surface area contributed by atoms with Gasteiger partial charge in [-0.05, 0) is 44.2 Å². The molecule has 2 aromatic carbocycles. The minimum Gasteiger partial charge on any atom is -0.497 e. The van der Waals surface area contributed by atoms with Crippen LogP contribution < -0.4 is 24.3 Å². The molecule has 0 bridgehead atoms. The van der Waals surface area contributed by atoms with Crippen LogP contribution in [0.25, 0.3) is 0 Å². The van der Waals surface area contributed by atoms with E-state index in [2.05, 4.69) is 5.32 Å². The molecule has 1 N–H and O–H groups in total. The van der Waals surface area contributed by atoms with Crippen molar-refractivity contribution in [2.45, 2.75) is 13.8 Å². The van der Waals surface area contributed by atoms with Crippen molar-refractivity contribution in [3.05, 3.63) is 42.0 Å². The highest BCUT2D eigenvalue weighted by atomic mass is 16.5. The molecule has 0 aromatic heterocycles. The van der Waals surface area contributed by atoms with Crippen LogP contribution in [0.1, 0.15) is 24.2 Å². The van der Waals surface area contributed by atoms with Gasteiger partial charge in [-0.1, -0.05) is 0 Å². The third kappa shape index (κ3) is 6.03. The van der Waals surface area contributed by atoms with Crippen molar-refractivity contribution in [3.8, 4) is 23.0 Å². The third-order valence-corrected chi connectivity index (χ3v) is 3.79. The van der Waals surface area contributed by atoms with Crippen molar-refractivity contribution in [2.75, 3.05) is 39.4 Å². The summed E-state index contributed by atoms with van der Waals surface area (Å²) in [6.45, 7) is 4.22. The number of amides is 1. The van der Waals surface area contributed by atoms with Crippen LogP contribution in [-0.4, -0.2) is 45.9 Å². The molecule has 8 nitrogen and oxygen atoms in total. The van der Waals surface area contributed by atoms with Crippen molar-refractivity contribution in [1.29, 1.82) is 0 Å². The minimum absolute atomic E-state index is 0.166. The average Bonchev–Trinajstić information content (AvgIpc) is 2.73. The molecule has 0 aliphatic heterocycles. The number of benzene rings is 2. The van der Waals surface area contributed by atoms with E-state index in [-0.39, 0.29) is 5.56 Å². The van der Waals surface area contributed by atoms with Gasteiger partial charge in [-0.15, -0.1) is 0 Å². The Kier molecular flexibility index (Phi) is 8.14. The first kappa shape index (κ1) is 21.9. The summed E-state index contributed by atoms with van der Waals surface area (Å²) in [5.41, 5.74) is 0.663. The predicted molar refractivity (Wildman–Crippen MR) is 107 cm³/mol. The molecule has 0 unspecified atom stereocenters. The minimum atomic E-state index is -0.697. The molecule has 0 aliphatic rings. The molecule has 8 heteroatoms. The molecule has 0 atom stereocenters. The lowest BCUT2D eigenvalue weighted by molar-refractivity contribution is -0.119. The molecule has 0 saturated heterocycles. The SMILES string of the molecule is CCOc1ccc(NC(=O)COC(=O)c2cc(OC)ccc2OC)cc1OCC. The van der Waals surface area contributed by atoms with Crippen LogP contribution in [0.4, 0.5) is 5.69 Å². The summed E-state index contributed by atoms with van der Waals surface area (Å²) in [6.07, 6.45) is 0. The Bertz CT molecular complexity index is 851. The maximum Gasteiger partial charge on any atom is 0.342 e. The molecule has 29 heavy (non-hydrogen) atoms. The van der Waals surface area contributed by atoms with Crippen molar-refractivity contribution in [2.24, 2.45) is 0 Å². The van der Waals surface area contributed by atoms with Crippen molar-refractivity contribution < 1.29 is 33.3 Å². The third-order valence-electron chi connectivity index (χ3n) is 3.79. The van der Waals surface area contributed by atoms with E-state index in [1.165, 1.54) is 20.3 Å². The number of methoxy groups -OCH3 is 2. The highest BCUT2D eigenvalue weighted by Gasteiger charge is 2.17. The Labute approximate surface area is 169 Å². The van der Waals surface area contributed by atoms with Crippen molar-refractivity contribution >= 4 is 17.6 Å². The quantitative estimate of drug-likeness (QED) is 0.609. The number of carbonyl (C=O) groups is 2. The van der Waals surface area contributed by atoms with Crippen molar-refractivity contribution in [1.82, 2.24) is 0 Å². The van der Waals surface area contributed by atoms with Gasteiger partial charge < -0.3 is 29.0 Å². The summed E-state index contributed by atoms with van der Waals surface area (Å²) in [6, 6.07) is 9.77. The smallest absolute Gasteiger partial charge is 0.342 e. The molecule has 2 rings (SSSR count). The second-order valence-corrected chi connectivity index (χ2v) is 5.72. The fourth-order valence-electron chi connectivity index (χ4n) is 2.51. The lowest BCUT2D eigenvalue weighted by atomic mass is 10.2. The Morgan fingerprint density at radius 3 is 2.21 bits per heavy atom. The van der Waals surface area contributed by atoms with Crippen LogP contribution in [0, 0.1) is 0 Å². The number of carbonyl (C=O) groups excluding carboxylic acids is 2. The van der Waals surface area contributed by atoms with Gasteiger partial charge in [-0.25, -0.2) is 4.79 Å². The second kappa shape index (κ2) is 10.8. The highest BCUT2D eigenvalue weighted by Crippen LogP contribution is 2.30. The summed E-state index contributed by atoms with van der Waals surface area (Å²) >= 11 is 0. The second-order valence-electron chi connectivity index (χ2n) is 5.72. The monoisotopic (exact) mass is 403 g/mol. The van der Waals surface area contributed by atoms with Gasteiger partial charge in [0.15, 0.2) is 18.1 Å². The maximum atomic E-state index is 12.3. The molecule has 0 heterocycles. The number of hydrogen-bond donors (Lipinski definition) is 1. The summed E-state index contributed by atoms with van der Waals surface area (Å²) < 4.78 is 26.4. The number of anilines is 1. The van der Waals surface area contributed by atoms with Gasteiger partial charge in [0.1, 0.15) is 17.1 Å². The fourth-order valence-corrected chi connectivity index (χ4v) is 2.51. The number of esters is 1. The van der Waals surface area contributed by atoms with E-state index < -0.39 is 18.5 Å². The van der Waals surface area contributed by atoms with Gasteiger partial charge >= 0.3 is 5.97 Å². The molecule has 1 amide bonds. The van der Waals surface area contributed by atoms with Gasteiger partial charge in [-0.2, -0.15) is 0 Å². The van der Waals surface area contributed by atoms with E-state index in [1.54, 1.807) is 30.3 Å². The zero-order valence-corrected chi connectivity index (χ0v) is 16.9. The normalized spacial score (nSPS) is 10.1. The van der Waals surface area contributed by atoms with E-state index >= 15 is 0 Å². The number of rotatable bonds is 10. The van der Waals surface area contributed by atoms with Crippen LogP contribution in [0.2, 0.25) is 0 Å². The topological polar surface area (TPSA) is 92.3 Å². The Morgan fingerprint density at radius 1 is 0.862 bits per heavy atom. The summed E-state index contributed by atoms with van der Waals surface area (Å²) in [7, 11) is 2.92. The van der Waals surface area contributed by atoms with E-state index in [1.807, 2.05) is 13.8 Å². The predicted octanol–water partition coefficient (Wildman–Crippen LogP) is 3.30. The van der Waals surface area contributed by atoms with Gasteiger partial charge in [0, 0.05) is 11.8 Å². The number of ether oxygens (including phenoxy) is 5. The highest BCUT2D eigenvalue weighted by molar-refractivity contribution is 5.97. The van der Waals surface area contributed by atoms with E-state index in [0.29, 0.717) is 41.9 Å². The first-order valence-corrected chi connectivity index (χ1v) is 9.11. The molecular formula is C21H25NO7. The van der Waals surface area contributed by atoms with Gasteiger partial charge in [-0.3, -0.25) is 4.79 Å². The zero-order chi connectivity index (χ0) is 21.2. The Balaban J connectivity index is 2.01. The van der Waals surface area contributed by atoms with Crippen LogP contribution in [0.3, 0.4) is 0 Å². The Morgan fingerprint density at radius 2 is 1.55 bits per heavy atom. The van der Waals surface area contributed by atoms with E-state index in [4.69, 9.17) is 23.7 Å². The molecule has 0 aliphatic carbocycles. The summed E-state index contributed by atoms with van der Waals surface area (Å²) in [4.78, 5) is 24.5. The van der Waals surface area contributed by atoms with Crippen molar-refractivity contribution in [3.63, 3.8) is 0 Å². The fraction of sp³-hybridized carbons (Fsp3) is 0.333. The molecule has 0 radical (unpaired) electrons. The first-order chi connectivity index (χ1) is 14.0. The van der Waals surface area contributed by atoms with Gasteiger partial charge in [0.2, 0.25) is 0 Å². The van der Waals surface area contributed by atoms with E-state index in [9.17, 15) is 9.59 Å². The zero-order valence-electron chi connectivity index (χ0n) is 16.9. The first-order valence-electron chi connectivity index (χ1n) is 9.11. The van der Waals surface area contributed by atoms with Crippen LogP contribution in [0.5, 0.6) is 23.0 Å². The maximum absolute atomic E-state index is 12.3.